The van der Waals surface area contributed by atoms with Crippen LogP contribution < -0.4 is 0 Å². The quantitative estimate of drug-likeness (QED) is 0.755. The van der Waals surface area contributed by atoms with Crippen LogP contribution in [0, 0.1) is 6.92 Å². The highest BCUT2D eigenvalue weighted by atomic mass is 16.5. The van der Waals surface area contributed by atoms with Gasteiger partial charge >= 0.3 is 5.97 Å². The Morgan fingerprint density at radius 3 is 3.12 bits per heavy atom. The maximum atomic E-state index is 11.5. The van der Waals surface area contributed by atoms with Crippen LogP contribution in [0.5, 0.6) is 0 Å². The molecule has 0 spiro atoms. The Morgan fingerprint density at radius 2 is 2.53 bits per heavy atom. The number of aromatic nitrogens is 1. The van der Waals surface area contributed by atoms with Crippen molar-refractivity contribution in [3.63, 3.8) is 0 Å². The zero-order valence-corrected chi connectivity index (χ0v) is 9.92. The minimum atomic E-state index is -0.493. The summed E-state index contributed by atoms with van der Waals surface area (Å²) in [7, 11) is 1.35. The van der Waals surface area contributed by atoms with Crippen LogP contribution in [-0.2, 0) is 16.1 Å². The summed E-state index contributed by atoms with van der Waals surface area (Å²) in [4.78, 5) is 13.4. The number of aliphatic hydroxyl groups is 1. The average molecular weight is 240 g/mol. The number of carbonyl (C=O) groups excluding carboxylic acids is 1. The zero-order chi connectivity index (χ0) is 12.4. The van der Waals surface area contributed by atoms with Gasteiger partial charge in [0.1, 0.15) is 11.8 Å². The number of hydrogen-bond acceptors (Lipinski definition) is 6. The van der Waals surface area contributed by atoms with Crippen molar-refractivity contribution >= 4 is 5.97 Å². The number of hydrogen-bond donors (Lipinski definition) is 1. The Hall–Kier alpha value is -1.40. The highest BCUT2D eigenvalue weighted by Crippen LogP contribution is 2.21. The van der Waals surface area contributed by atoms with Gasteiger partial charge in [-0.05, 0) is 6.92 Å². The predicted molar refractivity (Wildman–Crippen MR) is 58.1 cm³/mol. The van der Waals surface area contributed by atoms with Crippen molar-refractivity contribution in [3.05, 3.63) is 17.5 Å². The van der Waals surface area contributed by atoms with Gasteiger partial charge in [0.25, 0.3) is 0 Å². The number of β-amino-alcohol motifs (C(OH)–C–C–N with tert-alkyl or cyclic N) is 1. The number of likely N-dealkylation sites (tertiary alicyclic amines) is 1. The summed E-state index contributed by atoms with van der Waals surface area (Å²) in [5.41, 5.74) is 0.755. The molecule has 0 radical (unpaired) electrons. The molecule has 2 rings (SSSR count). The van der Waals surface area contributed by atoms with Crippen LogP contribution in [0.25, 0.3) is 0 Å². The molecule has 0 bridgehead atoms. The van der Waals surface area contributed by atoms with Crippen LogP contribution in [0.4, 0.5) is 0 Å². The molecule has 2 heterocycles. The summed E-state index contributed by atoms with van der Waals surface area (Å²) in [6, 6.07) is 1.42. The van der Waals surface area contributed by atoms with Gasteiger partial charge in [-0.1, -0.05) is 5.16 Å². The molecule has 6 nitrogen and oxygen atoms in total. The normalized spacial score (nSPS) is 25.1. The first-order valence-electron chi connectivity index (χ1n) is 5.52. The van der Waals surface area contributed by atoms with Gasteiger partial charge in [-0.2, -0.15) is 0 Å². The average Bonchev–Trinajstić information content (AvgIpc) is 2.85. The van der Waals surface area contributed by atoms with Crippen molar-refractivity contribution in [1.29, 1.82) is 0 Å². The number of aryl methyl sites for hydroxylation is 1. The van der Waals surface area contributed by atoms with E-state index in [2.05, 4.69) is 5.16 Å². The van der Waals surface area contributed by atoms with Gasteiger partial charge in [0.2, 0.25) is 0 Å². The Morgan fingerprint density at radius 1 is 1.76 bits per heavy atom. The van der Waals surface area contributed by atoms with Gasteiger partial charge in [0, 0.05) is 25.6 Å². The summed E-state index contributed by atoms with van der Waals surface area (Å²) in [5, 5.41) is 13.5. The molecule has 1 aliphatic heterocycles. The van der Waals surface area contributed by atoms with Gasteiger partial charge in [-0.15, -0.1) is 0 Å². The summed E-state index contributed by atoms with van der Waals surface area (Å²) in [5.74, 6) is 0.413. The van der Waals surface area contributed by atoms with Crippen LogP contribution in [0.15, 0.2) is 10.6 Å². The number of rotatable bonds is 3. The van der Waals surface area contributed by atoms with Gasteiger partial charge in [-0.3, -0.25) is 9.69 Å². The largest absolute Gasteiger partial charge is 0.468 e. The summed E-state index contributed by atoms with van der Waals surface area (Å²) < 4.78 is 9.69. The van der Waals surface area contributed by atoms with E-state index in [0.29, 0.717) is 19.5 Å². The molecule has 1 saturated heterocycles. The lowest BCUT2D eigenvalue weighted by Crippen LogP contribution is -2.36. The number of esters is 1. The zero-order valence-electron chi connectivity index (χ0n) is 9.92. The molecule has 0 saturated carbocycles. The van der Waals surface area contributed by atoms with E-state index >= 15 is 0 Å². The summed E-state index contributed by atoms with van der Waals surface area (Å²) in [6.07, 6.45) is -0.0872. The molecule has 6 heteroatoms. The fourth-order valence-corrected chi connectivity index (χ4v) is 2.14. The smallest absolute Gasteiger partial charge is 0.323 e. The van der Waals surface area contributed by atoms with E-state index in [9.17, 15) is 9.90 Å². The van der Waals surface area contributed by atoms with Crippen LogP contribution >= 0.6 is 0 Å². The number of nitrogens with zero attached hydrogens (tertiary/aromatic N) is 2. The standard InChI is InChI=1S/C11H16N2O4/c1-7-3-8(12-17-7)5-13-6-9(14)4-10(13)11(15)16-2/h3,9-10,14H,4-6H2,1-2H3. The lowest BCUT2D eigenvalue weighted by molar-refractivity contribution is -0.146. The number of carbonyl (C=O) groups is 1. The molecule has 0 amide bonds. The van der Waals surface area contributed by atoms with Crippen molar-refractivity contribution in [1.82, 2.24) is 10.1 Å². The molecule has 0 aromatic carbocycles. The molecule has 1 aromatic heterocycles. The molecule has 0 aliphatic carbocycles. The Bertz CT molecular complexity index is 404. The summed E-state index contributed by atoms with van der Waals surface area (Å²) in [6.45, 7) is 2.74. The van der Waals surface area contributed by atoms with Crippen LogP contribution in [0.3, 0.4) is 0 Å². The van der Waals surface area contributed by atoms with Gasteiger partial charge in [-0.25, -0.2) is 0 Å². The van der Waals surface area contributed by atoms with Gasteiger partial charge in [0.05, 0.1) is 18.9 Å². The fraction of sp³-hybridized carbons (Fsp3) is 0.636. The first-order valence-corrected chi connectivity index (χ1v) is 5.52. The maximum absolute atomic E-state index is 11.5. The molecule has 2 unspecified atom stereocenters. The molecule has 1 aliphatic rings. The Kier molecular flexibility index (Phi) is 3.44. The monoisotopic (exact) mass is 240 g/mol. The summed E-state index contributed by atoms with van der Waals surface area (Å²) >= 11 is 0. The molecule has 1 N–H and O–H groups in total. The number of methoxy groups -OCH3 is 1. The second-order valence-electron chi connectivity index (χ2n) is 4.29. The molecular weight excluding hydrogens is 224 g/mol. The second-order valence-corrected chi connectivity index (χ2v) is 4.29. The van der Waals surface area contributed by atoms with E-state index in [0.717, 1.165) is 11.5 Å². The third-order valence-corrected chi connectivity index (χ3v) is 2.90. The molecular formula is C11H16N2O4. The van der Waals surface area contributed by atoms with Crippen molar-refractivity contribution < 1.29 is 19.2 Å². The molecule has 17 heavy (non-hydrogen) atoms. The third kappa shape index (κ3) is 2.65. The van der Waals surface area contributed by atoms with Crippen molar-refractivity contribution in [2.24, 2.45) is 0 Å². The van der Waals surface area contributed by atoms with E-state index in [-0.39, 0.29) is 5.97 Å². The molecule has 94 valence electrons. The fourth-order valence-electron chi connectivity index (χ4n) is 2.14. The van der Waals surface area contributed by atoms with Crippen LogP contribution in [-0.4, -0.2) is 46.9 Å². The van der Waals surface area contributed by atoms with Crippen molar-refractivity contribution in [2.75, 3.05) is 13.7 Å². The molecule has 1 aromatic rings. The third-order valence-electron chi connectivity index (χ3n) is 2.90. The maximum Gasteiger partial charge on any atom is 0.323 e. The van der Waals surface area contributed by atoms with Crippen molar-refractivity contribution in [2.45, 2.75) is 32.0 Å². The Labute approximate surface area is 99.1 Å². The number of ether oxygens (including phenoxy) is 1. The number of aliphatic hydroxyl groups excluding tert-OH is 1. The van der Waals surface area contributed by atoms with E-state index in [4.69, 9.17) is 9.26 Å². The van der Waals surface area contributed by atoms with E-state index in [1.54, 1.807) is 0 Å². The van der Waals surface area contributed by atoms with E-state index in [1.807, 2.05) is 17.9 Å². The first-order chi connectivity index (χ1) is 8.10. The van der Waals surface area contributed by atoms with E-state index in [1.165, 1.54) is 7.11 Å². The SMILES string of the molecule is COC(=O)C1CC(O)CN1Cc1cc(C)on1. The van der Waals surface area contributed by atoms with Crippen LogP contribution in [0.1, 0.15) is 17.9 Å². The lowest BCUT2D eigenvalue weighted by atomic mass is 10.2. The lowest BCUT2D eigenvalue weighted by Gasteiger charge is -2.20. The first kappa shape index (κ1) is 12.1. The van der Waals surface area contributed by atoms with Gasteiger partial charge in [0.15, 0.2) is 0 Å². The minimum Gasteiger partial charge on any atom is -0.468 e. The Balaban J connectivity index is 2.05. The topological polar surface area (TPSA) is 75.8 Å². The van der Waals surface area contributed by atoms with Crippen molar-refractivity contribution in [3.8, 4) is 0 Å². The predicted octanol–water partition coefficient (Wildman–Crippen LogP) is 0.0912. The minimum absolute atomic E-state index is 0.318. The van der Waals surface area contributed by atoms with E-state index < -0.39 is 12.1 Å². The molecule has 1 fully saturated rings. The highest BCUT2D eigenvalue weighted by Gasteiger charge is 2.36. The van der Waals surface area contributed by atoms with Crippen LogP contribution in [0.2, 0.25) is 0 Å². The van der Waals surface area contributed by atoms with Gasteiger partial charge < -0.3 is 14.4 Å². The highest BCUT2D eigenvalue weighted by molar-refractivity contribution is 5.76. The second kappa shape index (κ2) is 4.85. The molecule has 2 atom stereocenters.